The molecule has 0 saturated carbocycles. The van der Waals surface area contributed by atoms with Crippen molar-refractivity contribution in [3.05, 3.63) is 48.5 Å². The molecule has 2 aromatic rings. The summed E-state index contributed by atoms with van der Waals surface area (Å²) in [6.45, 7) is 4.39. The van der Waals surface area contributed by atoms with E-state index in [1.807, 2.05) is 26.0 Å². The van der Waals surface area contributed by atoms with Gasteiger partial charge in [-0.05, 0) is 37.6 Å². The SMILES string of the molecule is CCOc1ccc(NC(=NC)NC(CC)CS(=O)(=O)c2ccccc2)cc1OC. The van der Waals surface area contributed by atoms with Crippen molar-refractivity contribution < 1.29 is 17.9 Å². The number of nitrogens with one attached hydrogen (secondary N) is 2. The predicted molar refractivity (Wildman–Crippen MR) is 117 cm³/mol. The van der Waals surface area contributed by atoms with E-state index in [0.29, 0.717) is 35.4 Å². The van der Waals surface area contributed by atoms with E-state index in [2.05, 4.69) is 15.6 Å². The quantitative estimate of drug-likeness (QED) is 0.479. The van der Waals surface area contributed by atoms with E-state index in [0.717, 1.165) is 5.69 Å². The Morgan fingerprint density at radius 2 is 1.83 bits per heavy atom. The van der Waals surface area contributed by atoms with Crippen molar-refractivity contribution in [2.24, 2.45) is 4.99 Å². The van der Waals surface area contributed by atoms with E-state index in [1.165, 1.54) is 0 Å². The first-order valence-corrected chi connectivity index (χ1v) is 11.2. The minimum atomic E-state index is -3.40. The summed E-state index contributed by atoms with van der Waals surface area (Å²) in [7, 11) is -0.185. The van der Waals surface area contributed by atoms with Gasteiger partial charge in [0.1, 0.15) is 0 Å². The van der Waals surface area contributed by atoms with E-state index in [1.54, 1.807) is 50.6 Å². The molecule has 2 aromatic carbocycles. The second-order valence-corrected chi connectivity index (χ2v) is 8.37. The number of hydrogen-bond acceptors (Lipinski definition) is 5. The molecule has 0 radical (unpaired) electrons. The molecule has 2 rings (SSSR count). The van der Waals surface area contributed by atoms with Gasteiger partial charge >= 0.3 is 0 Å². The second kappa shape index (κ2) is 10.7. The average Bonchev–Trinajstić information content (AvgIpc) is 2.74. The Kier molecular flexibility index (Phi) is 8.33. The summed E-state index contributed by atoms with van der Waals surface area (Å²) in [6.07, 6.45) is 0.624. The van der Waals surface area contributed by atoms with Crippen LogP contribution in [0.15, 0.2) is 58.4 Å². The summed E-state index contributed by atoms with van der Waals surface area (Å²) < 4.78 is 36.3. The van der Waals surface area contributed by atoms with Gasteiger partial charge in [0.25, 0.3) is 0 Å². The summed E-state index contributed by atoms with van der Waals surface area (Å²) in [4.78, 5) is 4.53. The molecule has 0 aliphatic rings. The number of ether oxygens (including phenoxy) is 2. The van der Waals surface area contributed by atoms with Gasteiger partial charge in [0.05, 0.1) is 24.4 Å². The van der Waals surface area contributed by atoms with Gasteiger partial charge < -0.3 is 20.1 Å². The number of benzene rings is 2. The topological polar surface area (TPSA) is 89.0 Å². The first-order valence-electron chi connectivity index (χ1n) is 9.52. The summed E-state index contributed by atoms with van der Waals surface area (Å²) in [5.41, 5.74) is 0.749. The predicted octanol–water partition coefficient (Wildman–Crippen LogP) is 3.33. The zero-order chi connectivity index (χ0) is 21.3. The van der Waals surface area contributed by atoms with Crippen molar-refractivity contribution in [2.45, 2.75) is 31.2 Å². The minimum absolute atomic E-state index is 0.0270. The molecule has 29 heavy (non-hydrogen) atoms. The molecule has 7 nitrogen and oxygen atoms in total. The van der Waals surface area contributed by atoms with Crippen LogP contribution in [0.5, 0.6) is 11.5 Å². The van der Waals surface area contributed by atoms with Gasteiger partial charge in [-0.15, -0.1) is 0 Å². The van der Waals surface area contributed by atoms with Crippen molar-refractivity contribution in [1.29, 1.82) is 0 Å². The monoisotopic (exact) mass is 419 g/mol. The highest BCUT2D eigenvalue weighted by atomic mass is 32.2. The van der Waals surface area contributed by atoms with Crippen molar-refractivity contribution in [2.75, 3.05) is 31.8 Å². The van der Waals surface area contributed by atoms with Crippen LogP contribution in [0.2, 0.25) is 0 Å². The molecule has 0 fully saturated rings. The van der Waals surface area contributed by atoms with E-state index in [4.69, 9.17) is 9.47 Å². The third kappa shape index (κ3) is 6.39. The lowest BCUT2D eigenvalue weighted by Gasteiger charge is -2.21. The number of sulfone groups is 1. The normalized spacial score (nSPS) is 12.9. The van der Waals surface area contributed by atoms with Crippen LogP contribution in [-0.4, -0.2) is 46.9 Å². The highest BCUT2D eigenvalue weighted by Crippen LogP contribution is 2.30. The second-order valence-electron chi connectivity index (χ2n) is 6.34. The van der Waals surface area contributed by atoms with Crippen LogP contribution in [0.25, 0.3) is 0 Å². The van der Waals surface area contributed by atoms with Crippen LogP contribution in [0.1, 0.15) is 20.3 Å². The smallest absolute Gasteiger partial charge is 0.195 e. The van der Waals surface area contributed by atoms with Crippen molar-refractivity contribution in [1.82, 2.24) is 5.32 Å². The van der Waals surface area contributed by atoms with Crippen LogP contribution in [0.4, 0.5) is 5.69 Å². The Hall–Kier alpha value is -2.74. The lowest BCUT2D eigenvalue weighted by molar-refractivity contribution is 0.311. The summed E-state index contributed by atoms with van der Waals surface area (Å²) in [5, 5.41) is 6.36. The molecule has 1 unspecified atom stereocenters. The Bertz CT molecular complexity index is 915. The maximum atomic E-state index is 12.7. The van der Waals surface area contributed by atoms with Crippen LogP contribution >= 0.6 is 0 Å². The summed E-state index contributed by atoms with van der Waals surface area (Å²) >= 11 is 0. The number of rotatable bonds is 9. The highest BCUT2D eigenvalue weighted by Gasteiger charge is 2.21. The molecule has 0 spiro atoms. The molecular formula is C21H29N3O4S. The lowest BCUT2D eigenvalue weighted by atomic mass is 10.2. The molecule has 8 heteroatoms. The van der Waals surface area contributed by atoms with Gasteiger partial charge in [0.2, 0.25) is 0 Å². The van der Waals surface area contributed by atoms with Gasteiger partial charge in [-0.2, -0.15) is 0 Å². The van der Waals surface area contributed by atoms with Gasteiger partial charge in [-0.3, -0.25) is 4.99 Å². The van der Waals surface area contributed by atoms with Crippen molar-refractivity contribution in [3.63, 3.8) is 0 Å². The third-order valence-corrected chi connectivity index (χ3v) is 6.14. The Morgan fingerprint density at radius 1 is 1.10 bits per heavy atom. The first kappa shape index (κ1) is 22.5. The molecule has 0 bridgehead atoms. The number of hydrogen-bond donors (Lipinski definition) is 2. The fraction of sp³-hybridized carbons (Fsp3) is 0.381. The standard InChI is InChI=1S/C21H29N3O4S/c1-5-16(15-29(25,26)18-10-8-7-9-11-18)23-21(22-3)24-17-12-13-19(28-6-2)20(14-17)27-4/h7-14,16H,5-6,15H2,1-4H3,(H2,22,23,24). The minimum Gasteiger partial charge on any atom is -0.493 e. The average molecular weight is 420 g/mol. The largest absolute Gasteiger partial charge is 0.493 e. The number of anilines is 1. The fourth-order valence-corrected chi connectivity index (χ4v) is 4.37. The van der Waals surface area contributed by atoms with Crippen LogP contribution in [-0.2, 0) is 9.84 Å². The van der Waals surface area contributed by atoms with Crippen LogP contribution in [0, 0.1) is 0 Å². The van der Waals surface area contributed by atoms with Crippen molar-refractivity contribution >= 4 is 21.5 Å². The van der Waals surface area contributed by atoms with Crippen LogP contribution in [0.3, 0.4) is 0 Å². The van der Waals surface area contributed by atoms with E-state index >= 15 is 0 Å². The molecule has 0 aliphatic carbocycles. The molecule has 0 heterocycles. The number of guanidine groups is 1. The van der Waals surface area contributed by atoms with E-state index < -0.39 is 9.84 Å². The molecular weight excluding hydrogens is 390 g/mol. The van der Waals surface area contributed by atoms with E-state index in [-0.39, 0.29) is 11.8 Å². The van der Waals surface area contributed by atoms with Gasteiger partial charge in [0, 0.05) is 24.8 Å². The first-order chi connectivity index (χ1) is 13.9. The lowest BCUT2D eigenvalue weighted by Crippen LogP contribution is -2.42. The third-order valence-electron chi connectivity index (χ3n) is 4.31. The maximum Gasteiger partial charge on any atom is 0.195 e. The van der Waals surface area contributed by atoms with Gasteiger partial charge in [-0.25, -0.2) is 8.42 Å². The van der Waals surface area contributed by atoms with Gasteiger partial charge in [-0.1, -0.05) is 25.1 Å². The zero-order valence-corrected chi connectivity index (χ0v) is 18.1. The summed E-state index contributed by atoms with van der Waals surface area (Å²) in [6, 6.07) is 13.6. The highest BCUT2D eigenvalue weighted by molar-refractivity contribution is 7.91. The van der Waals surface area contributed by atoms with E-state index in [9.17, 15) is 8.42 Å². The van der Waals surface area contributed by atoms with Gasteiger partial charge in [0.15, 0.2) is 27.3 Å². The molecule has 0 saturated heterocycles. The molecule has 2 N–H and O–H groups in total. The summed E-state index contributed by atoms with van der Waals surface area (Å²) in [5.74, 6) is 1.71. The fourth-order valence-electron chi connectivity index (χ4n) is 2.76. The Balaban J connectivity index is 2.10. The van der Waals surface area contributed by atoms with Crippen molar-refractivity contribution in [3.8, 4) is 11.5 Å². The molecule has 158 valence electrons. The van der Waals surface area contributed by atoms with Crippen LogP contribution < -0.4 is 20.1 Å². The number of methoxy groups -OCH3 is 1. The molecule has 0 aliphatic heterocycles. The Morgan fingerprint density at radius 3 is 2.41 bits per heavy atom. The molecule has 0 amide bonds. The Labute approximate surface area is 173 Å². The number of nitrogens with zero attached hydrogens (tertiary/aromatic N) is 1. The maximum absolute atomic E-state index is 12.7. The zero-order valence-electron chi connectivity index (χ0n) is 17.3. The number of aliphatic imine (C=N–C) groups is 1. The molecule has 0 aromatic heterocycles. The molecule has 1 atom stereocenters.